The SMILES string of the molecule is CC(CC(=O)OCC(=O)Nc1ccc(S(=O)(=O)N2CCOCC2)cc1)c1ccccc1. The fourth-order valence-electron chi connectivity index (χ4n) is 3.20. The van der Waals surface area contributed by atoms with Crippen molar-refractivity contribution in [1.29, 1.82) is 0 Å². The van der Waals surface area contributed by atoms with Gasteiger partial charge >= 0.3 is 5.97 Å². The molecule has 1 atom stereocenters. The first-order chi connectivity index (χ1) is 14.9. The Morgan fingerprint density at radius 3 is 2.35 bits per heavy atom. The zero-order valence-electron chi connectivity index (χ0n) is 17.3. The lowest BCUT2D eigenvalue weighted by atomic mass is 9.98. The Morgan fingerprint density at radius 2 is 1.71 bits per heavy atom. The number of hydrogen-bond acceptors (Lipinski definition) is 6. The van der Waals surface area contributed by atoms with E-state index in [0.29, 0.717) is 32.0 Å². The molecule has 8 nitrogen and oxygen atoms in total. The number of sulfonamides is 1. The summed E-state index contributed by atoms with van der Waals surface area (Å²) in [6.07, 6.45) is 0.172. The van der Waals surface area contributed by atoms with Crippen LogP contribution in [0.25, 0.3) is 0 Å². The van der Waals surface area contributed by atoms with E-state index in [9.17, 15) is 18.0 Å². The van der Waals surface area contributed by atoms with E-state index >= 15 is 0 Å². The lowest BCUT2D eigenvalue weighted by Crippen LogP contribution is -2.40. The van der Waals surface area contributed by atoms with Gasteiger partial charge in [0.2, 0.25) is 10.0 Å². The van der Waals surface area contributed by atoms with Crippen molar-refractivity contribution in [3.63, 3.8) is 0 Å². The normalized spacial score (nSPS) is 15.8. The third kappa shape index (κ3) is 6.36. The molecule has 0 spiro atoms. The highest BCUT2D eigenvalue weighted by Crippen LogP contribution is 2.20. The first-order valence-electron chi connectivity index (χ1n) is 10.0. The minimum Gasteiger partial charge on any atom is -0.456 e. The molecule has 0 aliphatic carbocycles. The number of esters is 1. The highest BCUT2D eigenvalue weighted by atomic mass is 32.2. The molecule has 1 aliphatic rings. The first-order valence-corrected chi connectivity index (χ1v) is 11.5. The number of hydrogen-bond donors (Lipinski definition) is 1. The van der Waals surface area contributed by atoms with Crippen LogP contribution in [-0.2, 0) is 29.1 Å². The number of nitrogens with zero attached hydrogens (tertiary/aromatic N) is 1. The molecule has 1 saturated heterocycles. The summed E-state index contributed by atoms with van der Waals surface area (Å²) in [5, 5.41) is 2.60. The Morgan fingerprint density at radius 1 is 1.06 bits per heavy atom. The van der Waals surface area contributed by atoms with E-state index < -0.39 is 28.5 Å². The highest BCUT2D eigenvalue weighted by molar-refractivity contribution is 7.89. The quantitative estimate of drug-likeness (QED) is 0.625. The lowest BCUT2D eigenvalue weighted by molar-refractivity contribution is -0.147. The number of rotatable bonds is 8. The maximum absolute atomic E-state index is 12.6. The molecule has 1 fully saturated rings. The number of ether oxygens (including phenoxy) is 2. The molecule has 3 rings (SSSR count). The summed E-state index contributed by atoms with van der Waals surface area (Å²) in [5.74, 6) is -0.972. The van der Waals surface area contributed by atoms with E-state index in [-0.39, 0.29) is 17.2 Å². The number of benzene rings is 2. The van der Waals surface area contributed by atoms with Crippen LogP contribution < -0.4 is 5.32 Å². The van der Waals surface area contributed by atoms with Gasteiger partial charge in [-0.3, -0.25) is 9.59 Å². The molecular weight excluding hydrogens is 420 g/mol. The van der Waals surface area contributed by atoms with E-state index in [1.165, 1.54) is 28.6 Å². The van der Waals surface area contributed by atoms with Crippen molar-refractivity contribution in [2.45, 2.75) is 24.2 Å². The molecule has 1 heterocycles. The zero-order chi connectivity index (χ0) is 22.3. The molecule has 2 aromatic carbocycles. The second kappa shape index (κ2) is 10.5. The minimum absolute atomic E-state index is 0.0160. The first kappa shape index (κ1) is 22.9. The Labute approximate surface area is 182 Å². The van der Waals surface area contributed by atoms with E-state index in [4.69, 9.17) is 9.47 Å². The fourth-order valence-corrected chi connectivity index (χ4v) is 4.61. The largest absolute Gasteiger partial charge is 0.456 e. The van der Waals surface area contributed by atoms with Gasteiger partial charge in [-0.1, -0.05) is 37.3 Å². The van der Waals surface area contributed by atoms with Crippen LogP contribution in [0.5, 0.6) is 0 Å². The summed E-state index contributed by atoms with van der Waals surface area (Å²) < 4.78 is 36.9. The second-order valence-electron chi connectivity index (χ2n) is 7.27. The van der Waals surface area contributed by atoms with Gasteiger partial charge in [-0.2, -0.15) is 4.31 Å². The van der Waals surface area contributed by atoms with Crippen molar-refractivity contribution < 1.29 is 27.5 Å². The lowest BCUT2D eigenvalue weighted by Gasteiger charge is -2.26. The van der Waals surface area contributed by atoms with Gasteiger partial charge in [0.1, 0.15) is 0 Å². The Balaban J connectivity index is 1.47. The van der Waals surface area contributed by atoms with Gasteiger partial charge in [-0.05, 0) is 35.7 Å². The summed E-state index contributed by atoms with van der Waals surface area (Å²) in [7, 11) is -3.59. The average Bonchev–Trinajstić information content (AvgIpc) is 2.79. The van der Waals surface area contributed by atoms with E-state index in [0.717, 1.165) is 5.56 Å². The molecule has 1 aliphatic heterocycles. The summed E-state index contributed by atoms with van der Waals surface area (Å²) in [5.41, 5.74) is 1.44. The molecule has 0 bridgehead atoms. The van der Waals surface area contributed by atoms with Gasteiger partial charge in [0.15, 0.2) is 6.61 Å². The molecule has 1 N–H and O–H groups in total. The van der Waals surface area contributed by atoms with E-state index in [1.54, 1.807) is 0 Å². The van der Waals surface area contributed by atoms with Gasteiger partial charge in [-0.25, -0.2) is 8.42 Å². The fraction of sp³-hybridized carbons (Fsp3) is 0.364. The van der Waals surface area contributed by atoms with Crippen molar-refractivity contribution in [1.82, 2.24) is 4.31 Å². The third-order valence-electron chi connectivity index (χ3n) is 4.95. The molecule has 31 heavy (non-hydrogen) atoms. The summed E-state index contributed by atoms with van der Waals surface area (Å²) >= 11 is 0. The van der Waals surface area contributed by atoms with Crippen LogP contribution in [0, 0.1) is 0 Å². The maximum atomic E-state index is 12.6. The smallest absolute Gasteiger partial charge is 0.306 e. The van der Waals surface area contributed by atoms with Crippen LogP contribution in [0.2, 0.25) is 0 Å². The van der Waals surface area contributed by atoms with Gasteiger partial charge in [0.05, 0.1) is 24.5 Å². The van der Waals surface area contributed by atoms with Crippen molar-refractivity contribution in [3.8, 4) is 0 Å². The number of morpholine rings is 1. The molecule has 0 radical (unpaired) electrons. The monoisotopic (exact) mass is 446 g/mol. The van der Waals surface area contributed by atoms with Crippen LogP contribution in [0.15, 0.2) is 59.5 Å². The Kier molecular flexibility index (Phi) is 7.78. The average molecular weight is 447 g/mol. The number of amides is 1. The predicted molar refractivity (Wildman–Crippen MR) is 115 cm³/mol. The molecule has 1 unspecified atom stereocenters. The van der Waals surface area contributed by atoms with Crippen molar-refractivity contribution in [2.24, 2.45) is 0 Å². The molecule has 1 amide bonds. The molecular formula is C22H26N2O6S. The molecule has 0 aromatic heterocycles. The summed E-state index contributed by atoms with van der Waals surface area (Å²) in [6.45, 7) is 2.88. The minimum atomic E-state index is -3.59. The molecule has 2 aromatic rings. The predicted octanol–water partition coefficient (Wildman–Crippen LogP) is 2.38. The summed E-state index contributed by atoms with van der Waals surface area (Å²) in [6, 6.07) is 15.5. The summed E-state index contributed by atoms with van der Waals surface area (Å²) in [4.78, 5) is 24.2. The van der Waals surface area contributed by atoms with Crippen LogP contribution >= 0.6 is 0 Å². The number of nitrogens with one attached hydrogen (secondary N) is 1. The maximum Gasteiger partial charge on any atom is 0.306 e. The van der Waals surface area contributed by atoms with Crippen molar-refractivity contribution in [2.75, 3.05) is 38.2 Å². The van der Waals surface area contributed by atoms with Crippen LogP contribution in [0.4, 0.5) is 5.69 Å². The van der Waals surface area contributed by atoms with E-state index in [1.807, 2.05) is 37.3 Å². The Hall–Kier alpha value is -2.75. The van der Waals surface area contributed by atoms with Crippen LogP contribution in [-0.4, -0.2) is 57.5 Å². The van der Waals surface area contributed by atoms with Crippen LogP contribution in [0.1, 0.15) is 24.8 Å². The van der Waals surface area contributed by atoms with Gasteiger partial charge in [-0.15, -0.1) is 0 Å². The third-order valence-corrected chi connectivity index (χ3v) is 6.86. The molecule has 9 heteroatoms. The van der Waals surface area contributed by atoms with Crippen molar-refractivity contribution >= 4 is 27.6 Å². The topological polar surface area (TPSA) is 102 Å². The standard InChI is InChI=1S/C22H26N2O6S/c1-17(18-5-3-2-4-6-18)15-22(26)30-16-21(25)23-19-7-9-20(10-8-19)31(27,28)24-11-13-29-14-12-24/h2-10,17H,11-16H2,1H3,(H,23,25). The highest BCUT2D eigenvalue weighted by Gasteiger charge is 2.26. The zero-order valence-corrected chi connectivity index (χ0v) is 18.1. The van der Waals surface area contributed by atoms with Crippen LogP contribution in [0.3, 0.4) is 0 Å². The molecule has 166 valence electrons. The number of carbonyl (C=O) groups excluding carboxylic acids is 2. The van der Waals surface area contributed by atoms with Crippen molar-refractivity contribution in [3.05, 3.63) is 60.2 Å². The molecule has 0 saturated carbocycles. The van der Waals surface area contributed by atoms with Gasteiger partial charge in [0, 0.05) is 18.8 Å². The van der Waals surface area contributed by atoms with E-state index in [2.05, 4.69) is 5.32 Å². The van der Waals surface area contributed by atoms with Gasteiger partial charge in [0.25, 0.3) is 5.91 Å². The Bertz CT molecular complexity index is 986. The van der Waals surface area contributed by atoms with Gasteiger partial charge < -0.3 is 14.8 Å². The number of anilines is 1. The number of carbonyl (C=O) groups is 2. The second-order valence-corrected chi connectivity index (χ2v) is 9.20.